The Morgan fingerprint density at radius 3 is 2.20 bits per heavy atom. The number of unbranched alkanes of at least 4 members (excludes halogenated alkanes) is 3. The molecule has 0 amide bonds. The molecular weight excluding hydrogens is 577 g/mol. The summed E-state index contributed by atoms with van der Waals surface area (Å²) in [5.74, 6) is -4.89. The van der Waals surface area contributed by atoms with Crippen LogP contribution in [0.15, 0.2) is 78.9 Å². The maximum absolute atomic E-state index is 14.5. The summed E-state index contributed by atoms with van der Waals surface area (Å²) in [5, 5.41) is 0. The van der Waals surface area contributed by atoms with E-state index in [1.807, 2.05) is 24.3 Å². The van der Waals surface area contributed by atoms with E-state index in [0.29, 0.717) is 6.61 Å². The lowest BCUT2D eigenvalue weighted by Gasteiger charge is -2.09. The fourth-order valence-electron chi connectivity index (χ4n) is 3.86. The Balaban J connectivity index is 1.34. The van der Waals surface area contributed by atoms with Crippen molar-refractivity contribution in [2.45, 2.75) is 39.0 Å². The molecule has 0 heterocycles. The summed E-state index contributed by atoms with van der Waals surface area (Å²) < 4.78 is 61.8. The number of rotatable bonds is 16. The lowest BCUT2D eigenvalue weighted by molar-refractivity contribution is -0.147. The first-order valence-electron chi connectivity index (χ1n) is 14.0. The normalized spacial score (nSPS) is 10.8. The van der Waals surface area contributed by atoms with Crippen molar-refractivity contribution in [3.8, 4) is 22.6 Å². The summed E-state index contributed by atoms with van der Waals surface area (Å²) in [6.07, 6.45) is 6.77. The van der Waals surface area contributed by atoms with Gasteiger partial charge in [0.05, 0.1) is 13.0 Å². The van der Waals surface area contributed by atoms with Gasteiger partial charge in [-0.3, -0.25) is 4.79 Å². The molecule has 0 aliphatic heterocycles. The zero-order valence-electron chi connectivity index (χ0n) is 24.3. The SMILES string of the molecule is C=C(CC(=O)Oc1ccc(-c2ccc(F)c(F)c2)c(F)c1)C(=O)OCCOC(=O)/C=C/c1ccc(OCCCCCC)cc1. The molecule has 3 rings (SSSR count). The minimum atomic E-state index is -1.13. The Labute approximate surface area is 253 Å². The first-order valence-corrected chi connectivity index (χ1v) is 14.0. The van der Waals surface area contributed by atoms with Crippen LogP contribution >= 0.6 is 0 Å². The molecule has 3 aromatic carbocycles. The Hall–Kier alpha value is -4.86. The fourth-order valence-corrected chi connectivity index (χ4v) is 3.86. The van der Waals surface area contributed by atoms with Crippen molar-refractivity contribution in [1.82, 2.24) is 0 Å². The molecule has 10 heteroatoms. The quantitative estimate of drug-likeness (QED) is 0.0724. The van der Waals surface area contributed by atoms with Crippen molar-refractivity contribution in [3.63, 3.8) is 0 Å². The fraction of sp³-hybridized carbons (Fsp3) is 0.265. The van der Waals surface area contributed by atoms with Crippen LogP contribution in [0.25, 0.3) is 17.2 Å². The zero-order chi connectivity index (χ0) is 31.9. The highest BCUT2D eigenvalue weighted by Crippen LogP contribution is 2.28. The van der Waals surface area contributed by atoms with Crippen LogP contribution in [0.1, 0.15) is 44.6 Å². The summed E-state index contributed by atoms with van der Waals surface area (Å²) in [7, 11) is 0. The predicted octanol–water partition coefficient (Wildman–Crippen LogP) is 7.38. The van der Waals surface area contributed by atoms with Gasteiger partial charge in [-0.15, -0.1) is 0 Å². The van der Waals surface area contributed by atoms with Gasteiger partial charge in [0.2, 0.25) is 0 Å². The van der Waals surface area contributed by atoms with Gasteiger partial charge in [-0.25, -0.2) is 22.8 Å². The standard InChI is InChI=1S/C34H33F3O7/c1-3-4-5-6-17-41-26-11-7-24(8-12-26)9-16-32(38)42-18-19-43-34(40)23(2)20-33(39)44-27-13-14-28(30(36)22-27)25-10-15-29(35)31(37)21-25/h7-16,21-22H,2-6,17-20H2,1H3/b16-9+. The number of hydrogen-bond acceptors (Lipinski definition) is 7. The van der Waals surface area contributed by atoms with Gasteiger partial charge in [0.25, 0.3) is 0 Å². The minimum Gasteiger partial charge on any atom is -0.494 e. The molecule has 0 fully saturated rings. The third-order valence-electron chi connectivity index (χ3n) is 6.17. The largest absolute Gasteiger partial charge is 0.494 e. The average molecular weight is 611 g/mol. The van der Waals surface area contributed by atoms with E-state index in [0.717, 1.165) is 42.4 Å². The molecule has 0 unspecified atom stereocenters. The van der Waals surface area contributed by atoms with E-state index in [1.165, 1.54) is 37.1 Å². The van der Waals surface area contributed by atoms with Crippen molar-refractivity contribution in [2.75, 3.05) is 19.8 Å². The molecule has 0 atom stereocenters. The molecule has 3 aromatic rings. The van der Waals surface area contributed by atoms with E-state index in [9.17, 15) is 27.6 Å². The highest BCUT2D eigenvalue weighted by Gasteiger charge is 2.17. The lowest BCUT2D eigenvalue weighted by Crippen LogP contribution is -2.17. The molecule has 0 bridgehead atoms. The second-order valence-corrected chi connectivity index (χ2v) is 9.64. The monoisotopic (exact) mass is 610 g/mol. The number of hydrogen-bond donors (Lipinski definition) is 0. The first-order chi connectivity index (χ1) is 21.2. The maximum atomic E-state index is 14.5. The summed E-state index contributed by atoms with van der Waals surface area (Å²) in [6, 6.07) is 13.6. The van der Waals surface area contributed by atoms with Gasteiger partial charge in [-0.05, 0) is 60.0 Å². The van der Waals surface area contributed by atoms with Crippen molar-refractivity contribution < 1.29 is 46.5 Å². The number of halogens is 3. The number of esters is 3. The van der Waals surface area contributed by atoms with Crippen LogP contribution in [0.3, 0.4) is 0 Å². The molecule has 0 radical (unpaired) electrons. The number of ether oxygens (including phenoxy) is 4. The van der Waals surface area contributed by atoms with Gasteiger partial charge in [-0.2, -0.15) is 0 Å². The van der Waals surface area contributed by atoms with Crippen molar-refractivity contribution in [1.29, 1.82) is 0 Å². The Bertz CT molecular complexity index is 1480. The molecule has 44 heavy (non-hydrogen) atoms. The molecule has 0 saturated carbocycles. The van der Waals surface area contributed by atoms with Crippen LogP contribution < -0.4 is 9.47 Å². The molecule has 0 aromatic heterocycles. The van der Waals surface area contributed by atoms with Crippen LogP contribution in [-0.2, 0) is 23.9 Å². The topological polar surface area (TPSA) is 88.1 Å². The highest BCUT2D eigenvalue weighted by molar-refractivity contribution is 5.93. The van der Waals surface area contributed by atoms with Crippen LogP contribution in [0.2, 0.25) is 0 Å². The smallest absolute Gasteiger partial charge is 0.334 e. The zero-order valence-corrected chi connectivity index (χ0v) is 24.3. The Morgan fingerprint density at radius 2 is 1.50 bits per heavy atom. The maximum Gasteiger partial charge on any atom is 0.334 e. The van der Waals surface area contributed by atoms with Gasteiger partial charge in [0.1, 0.15) is 30.5 Å². The molecule has 232 valence electrons. The molecule has 0 aliphatic rings. The van der Waals surface area contributed by atoms with Crippen LogP contribution in [0, 0.1) is 17.5 Å². The van der Waals surface area contributed by atoms with Gasteiger partial charge in [0, 0.05) is 23.3 Å². The van der Waals surface area contributed by atoms with E-state index in [2.05, 4.69) is 13.5 Å². The predicted molar refractivity (Wildman–Crippen MR) is 158 cm³/mol. The van der Waals surface area contributed by atoms with E-state index in [1.54, 1.807) is 6.08 Å². The number of carbonyl (C=O) groups is 3. The first kappa shape index (κ1) is 33.6. The van der Waals surface area contributed by atoms with Gasteiger partial charge < -0.3 is 18.9 Å². The second kappa shape index (κ2) is 17.3. The minimum absolute atomic E-state index is 0.0274. The molecule has 7 nitrogen and oxygen atoms in total. The molecule has 0 aliphatic carbocycles. The van der Waals surface area contributed by atoms with Crippen molar-refractivity contribution >= 4 is 24.0 Å². The van der Waals surface area contributed by atoms with Crippen molar-refractivity contribution in [3.05, 3.63) is 102 Å². The second-order valence-electron chi connectivity index (χ2n) is 9.64. The molecular formula is C34H33F3O7. The summed E-state index contributed by atoms with van der Waals surface area (Å²) in [5.41, 5.74) is 0.617. The summed E-state index contributed by atoms with van der Waals surface area (Å²) >= 11 is 0. The number of carbonyl (C=O) groups excluding carboxylic acids is 3. The Morgan fingerprint density at radius 1 is 0.773 bits per heavy atom. The highest BCUT2D eigenvalue weighted by atomic mass is 19.2. The third-order valence-corrected chi connectivity index (χ3v) is 6.17. The molecule has 0 N–H and O–H groups in total. The van der Waals surface area contributed by atoms with Crippen LogP contribution in [0.5, 0.6) is 11.5 Å². The van der Waals surface area contributed by atoms with Gasteiger partial charge in [-0.1, -0.05) is 51.0 Å². The van der Waals surface area contributed by atoms with E-state index in [-0.39, 0.29) is 35.7 Å². The summed E-state index contributed by atoms with van der Waals surface area (Å²) in [6.45, 7) is 5.81. The third kappa shape index (κ3) is 11.1. The summed E-state index contributed by atoms with van der Waals surface area (Å²) in [4.78, 5) is 36.3. The van der Waals surface area contributed by atoms with Crippen LogP contribution in [0.4, 0.5) is 13.2 Å². The van der Waals surface area contributed by atoms with E-state index in [4.69, 9.17) is 18.9 Å². The van der Waals surface area contributed by atoms with E-state index < -0.39 is 41.8 Å². The van der Waals surface area contributed by atoms with Crippen molar-refractivity contribution in [2.24, 2.45) is 0 Å². The molecule has 0 spiro atoms. The van der Waals surface area contributed by atoms with Gasteiger partial charge >= 0.3 is 17.9 Å². The van der Waals surface area contributed by atoms with Crippen LogP contribution in [-0.4, -0.2) is 37.7 Å². The number of benzene rings is 3. The lowest BCUT2D eigenvalue weighted by atomic mass is 10.0. The Kier molecular flexibility index (Phi) is 13.2. The van der Waals surface area contributed by atoms with E-state index >= 15 is 0 Å². The molecule has 0 saturated heterocycles. The average Bonchev–Trinajstić information content (AvgIpc) is 3.00. The van der Waals surface area contributed by atoms with Gasteiger partial charge in [0.15, 0.2) is 11.6 Å².